The van der Waals surface area contributed by atoms with Crippen LogP contribution in [0.5, 0.6) is 5.75 Å². The van der Waals surface area contributed by atoms with Crippen LogP contribution >= 0.6 is 11.6 Å². The number of nitrogens with one attached hydrogen (secondary N) is 2. The average Bonchev–Trinajstić information content (AvgIpc) is 3.25. The van der Waals surface area contributed by atoms with Crippen LogP contribution in [0.15, 0.2) is 79.3 Å². The van der Waals surface area contributed by atoms with Crippen molar-refractivity contribution >= 4 is 35.0 Å². The van der Waals surface area contributed by atoms with Gasteiger partial charge < -0.3 is 10.1 Å². The third kappa shape index (κ3) is 5.11. The predicted molar refractivity (Wildman–Crippen MR) is 122 cm³/mol. The lowest BCUT2D eigenvalue weighted by atomic mass is 10.2. The van der Waals surface area contributed by atoms with E-state index < -0.39 is 6.09 Å². The number of nitrogens with zero attached hydrogens (tertiary/aromatic N) is 3. The first-order chi connectivity index (χ1) is 15.5. The van der Waals surface area contributed by atoms with E-state index >= 15 is 0 Å². The average molecular weight is 448 g/mol. The maximum absolute atomic E-state index is 12.6. The van der Waals surface area contributed by atoms with Gasteiger partial charge in [-0.1, -0.05) is 29.8 Å². The molecule has 0 radical (unpaired) electrons. The van der Waals surface area contributed by atoms with E-state index in [0.29, 0.717) is 27.6 Å². The minimum Gasteiger partial charge on any atom is -0.409 e. The van der Waals surface area contributed by atoms with E-state index in [1.54, 1.807) is 67.0 Å². The van der Waals surface area contributed by atoms with Crippen LogP contribution in [-0.2, 0) is 0 Å². The number of aryl methyl sites for hydroxylation is 1. The van der Waals surface area contributed by atoms with Gasteiger partial charge in [-0.05, 0) is 49.4 Å². The molecular formula is C23H18ClN5O3. The van der Waals surface area contributed by atoms with Gasteiger partial charge in [-0.2, -0.15) is 5.10 Å². The fraction of sp³-hybridized carbons (Fsp3) is 0.0435. The molecule has 32 heavy (non-hydrogen) atoms. The molecule has 0 bridgehead atoms. The maximum Gasteiger partial charge on any atom is 0.417 e. The van der Waals surface area contributed by atoms with Gasteiger partial charge in [-0.3, -0.25) is 15.1 Å². The summed E-state index contributed by atoms with van der Waals surface area (Å²) in [6.45, 7) is 1.87. The first-order valence-corrected chi connectivity index (χ1v) is 9.98. The minimum absolute atomic E-state index is 0.251. The molecule has 2 amide bonds. The van der Waals surface area contributed by atoms with Crippen molar-refractivity contribution in [3.8, 4) is 11.4 Å². The summed E-state index contributed by atoms with van der Waals surface area (Å²) < 4.78 is 6.74. The van der Waals surface area contributed by atoms with Crippen LogP contribution in [0.2, 0.25) is 5.02 Å². The molecule has 8 nitrogen and oxygen atoms in total. The van der Waals surface area contributed by atoms with Crippen molar-refractivity contribution in [2.24, 2.45) is 0 Å². The van der Waals surface area contributed by atoms with Gasteiger partial charge in [-0.25, -0.2) is 9.48 Å². The number of pyridine rings is 1. The molecule has 0 aliphatic rings. The van der Waals surface area contributed by atoms with Crippen molar-refractivity contribution in [1.82, 2.24) is 14.8 Å². The molecule has 0 saturated heterocycles. The summed E-state index contributed by atoms with van der Waals surface area (Å²) in [7, 11) is 0. The van der Waals surface area contributed by atoms with E-state index in [2.05, 4.69) is 20.7 Å². The van der Waals surface area contributed by atoms with Gasteiger partial charge in [-0.15, -0.1) is 0 Å². The molecule has 0 atom stereocenters. The molecule has 2 heterocycles. The Kier molecular flexibility index (Phi) is 6.14. The summed E-state index contributed by atoms with van der Waals surface area (Å²) in [5, 5.41) is 9.97. The van der Waals surface area contributed by atoms with E-state index in [1.165, 1.54) is 10.9 Å². The van der Waals surface area contributed by atoms with E-state index in [0.717, 1.165) is 5.69 Å². The second-order valence-corrected chi connectivity index (χ2v) is 7.22. The zero-order chi connectivity index (χ0) is 22.5. The van der Waals surface area contributed by atoms with Crippen molar-refractivity contribution in [1.29, 1.82) is 0 Å². The van der Waals surface area contributed by atoms with Crippen molar-refractivity contribution < 1.29 is 14.3 Å². The molecular weight excluding hydrogens is 430 g/mol. The van der Waals surface area contributed by atoms with Crippen LogP contribution in [-0.4, -0.2) is 26.8 Å². The summed E-state index contributed by atoms with van der Waals surface area (Å²) in [4.78, 5) is 28.9. The van der Waals surface area contributed by atoms with Gasteiger partial charge in [0.25, 0.3) is 5.91 Å². The van der Waals surface area contributed by atoms with Gasteiger partial charge in [0.1, 0.15) is 0 Å². The Bertz CT molecular complexity index is 1270. The SMILES string of the molecule is Cc1ccc(NC(=O)c2cccc(-n3cc(NC(=O)Oc4ccccc4Cl)cn3)c2)cn1. The number of rotatable bonds is 5. The molecule has 9 heteroatoms. The van der Waals surface area contributed by atoms with Crippen molar-refractivity contribution in [2.45, 2.75) is 6.92 Å². The number of amides is 2. The molecule has 0 unspecified atom stereocenters. The van der Waals surface area contributed by atoms with Crippen LogP contribution in [0.4, 0.5) is 16.2 Å². The highest BCUT2D eigenvalue weighted by atomic mass is 35.5. The molecule has 0 fully saturated rings. The zero-order valence-electron chi connectivity index (χ0n) is 16.9. The molecule has 2 aromatic carbocycles. The van der Waals surface area contributed by atoms with Gasteiger partial charge in [0.05, 0.1) is 40.7 Å². The number of ether oxygens (including phenoxy) is 1. The fourth-order valence-corrected chi connectivity index (χ4v) is 3.01. The molecule has 4 rings (SSSR count). The Labute approximate surface area is 188 Å². The number of anilines is 2. The smallest absolute Gasteiger partial charge is 0.409 e. The predicted octanol–water partition coefficient (Wildman–Crippen LogP) is 5.09. The standard InChI is InChI=1S/C23H18ClN5O3/c1-15-9-10-17(12-25-15)27-22(30)16-5-4-6-19(11-16)29-14-18(13-26-29)28-23(31)32-21-8-3-2-7-20(21)24/h2-14H,1H3,(H,27,30)(H,28,31). The molecule has 160 valence electrons. The molecule has 2 aromatic heterocycles. The second-order valence-electron chi connectivity index (χ2n) is 6.81. The fourth-order valence-electron chi connectivity index (χ4n) is 2.83. The highest BCUT2D eigenvalue weighted by Gasteiger charge is 2.11. The summed E-state index contributed by atoms with van der Waals surface area (Å²) in [6, 6.07) is 17.2. The third-order valence-electron chi connectivity index (χ3n) is 4.41. The molecule has 0 aliphatic heterocycles. The molecule has 2 N–H and O–H groups in total. The number of carbonyl (C=O) groups excluding carboxylic acids is 2. The Hall–Kier alpha value is -4.17. The first kappa shape index (κ1) is 21.1. The second kappa shape index (κ2) is 9.32. The quantitative estimate of drug-likeness (QED) is 0.444. The number of para-hydroxylation sites is 1. The number of aromatic nitrogens is 3. The number of carbonyl (C=O) groups is 2. The van der Waals surface area contributed by atoms with Crippen molar-refractivity contribution in [2.75, 3.05) is 10.6 Å². The van der Waals surface area contributed by atoms with E-state index in [9.17, 15) is 9.59 Å². The molecule has 0 aliphatic carbocycles. The summed E-state index contributed by atoms with van der Waals surface area (Å²) >= 11 is 6.00. The number of halogens is 1. The number of benzene rings is 2. The lowest BCUT2D eigenvalue weighted by Gasteiger charge is -2.07. The maximum atomic E-state index is 12.6. The van der Waals surface area contributed by atoms with Gasteiger partial charge in [0.2, 0.25) is 0 Å². The summed E-state index contributed by atoms with van der Waals surface area (Å²) in [5.74, 6) is -0.0205. The summed E-state index contributed by atoms with van der Waals surface area (Å²) in [6.07, 6.45) is 3.98. The monoisotopic (exact) mass is 447 g/mol. The topological polar surface area (TPSA) is 98.1 Å². The Morgan fingerprint density at radius 1 is 0.969 bits per heavy atom. The van der Waals surface area contributed by atoms with Gasteiger partial charge >= 0.3 is 6.09 Å². The highest BCUT2D eigenvalue weighted by molar-refractivity contribution is 6.32. The van der Waals surface area contributed by atoms with Crippen LogP contribution < -0.4 is 15.4 Å². The molecule has 0 saturated carbocycles. The lowest BCUT2D eigenvalue weighted by Crippen LogP contribution is -2.16. The first-order valence-electron chi connectivity index (χ1n) is 9.60. The van der Waals surface area contributed by atoms with Crippen molar-refractivity contribution in [3.05, 3.63) is 95.5 Å². The van der Waals surface area contributed by atoms with E-state index in [4.69, 9.17) is 16.3 Å². The van der Waals surface area contributed by atoms with Crippen LogP contribution in [0, 0.1) is 6.92 Å². The largest absolute Gasteiger partial charge is 0.417 e. The third-order valence-corrected chi connectivity index (χ3v) is 4.72. The number of hydrogen-bond donors (Lipinski definition) is 2. The Morgan fingerprint density at radius 2 is 1.81 bits per heavy atom. The van der Waals surface area contributed by atoms with Crippen LogP contribution in [0.1, 0.15) is 16.1 Å². The highest BCUT2D eigenvalue weighted by Crippen LogP contribution is 2.23. The Balaban J connectivity index is 1.43. The molecule has 4 aromatic rings. The minimum atomic E-state index is -0.697. The lowest BCUT2D eigenvalue weighted by molar-refractivity contribution is 0.102. The van der Waals surface area contributed by atoms with Gasteiger partial charge in [0, 0.05) is 11.3 Å². The zero-order valence-corrected chi connectivity index (χ0v) is 17.7. The summed E-state index contributed by atoms with van der Waals surface area (Å²) in [5.41, 5.74) is 2.98. The molecule has 0 spiro atoms. The normalized spacial score (nSPS) is 10.4. The number of hydrogen-bond acceptors (Lipinski definition) is 5. The van der Waals surface area contributed by atoms with E-state index in [-0.39, 0.29) is 11.7 Å². The van der Waals surface area contributed by atoms with Crippen molar-refractivity contribution in [3.63, 3.8) is 0 Å². The van der Waals surface area contributed by atoms with Crippen LogP contribution in [0.25, 0.3) is 5.69 Å². The Morgan fingerprint density at radius 3 is 2.59 bits per heavy atom. The van der Waals surface area contributed by atoms with Crippen LogP contribution in [0.3, 0.4) is 0 Å². The van der Waals surface area contributed by atoms with E-state index in [1.807, 2.05) is 13.0 Å². The van der Waals surface area contributed by atoms with Gasteiger partial charge in [0.15, 0.2) is 5.75 Å².